The molecule has 0 saturated heterocycles. The van der Waals surface area contributed by atoms with E-state index in [1.165, 1.54) is 11.3 Å². The second-order valence-corrected chi connectivity index (χ2v) is 6.01. The number of carbonyl (C=O) groups is 2. The predicted octanol–water partition coefficient (Wildman–Crippen LogP) is 3.00. The van der Waals surface area contributed by atoms with E-state index in [9.17, 15) is 9.59 Å². The van der Waals surface area contributed by atoms with Gasteiger partial charge < -0.3 is 10.0 Å². The molecule has 1 heterocycles. The first-order chi connectivity index (χ1) is 9.05. The molecule has 1 aliphatic rings. The van der Waals surface area contributed by atoms with Crippen LogP contribution in [0.5, 0.6) is 0 Å². The van der Waals surface area contributed by atoms with Gasteiger partial charge in [0.15, 0.2) is 0 Å². The van der Waals surface area contributed by atoms with Crippen LogP contribution in [0.2, 0.25) is 0 Å². The van der Waals surface area contributed by atoms with Gasteiger partial charge in [-0.2, -0.15) is 11.3 Å². The minimum Gasteiger partial charge on any atom is -0.481 e. The first-order valence-electron chi connectivity index (χ1n) is 6.57. The van der Waals surface area contributed by atoms with Gasteiger partial charge in [0.25, 0.3) is 5.91 Å². The van der Waals surface area contributed by atoms with Gasteiger partial charge in [0, 0.05) is 12.4 Å². The third kappa shape index (κ3) is 2.97. The summed E-state index contributed by atoms with van der Waals surface area (Å²) < 4.78 is 0. The number of thiophene rings is 1. The van der Waals surface area contributed by atoms with Gasteiger partial charge in [-0.15, -0.1) is 0 Å². The average Bonchev–Trinajstić information content (AvgIpc) is 2.91. The SMILES string of the molecule is CN(C(=O)c1ccsc1)C1(CC(=O)O)CCCCC1. The zero-order valence-electron chi connectivity index (χ0n) is 11.1. The highest BCUT2D eigenvalue weighted by atomic mass is 32.1. The molecule has 19 heavy (non-hydrogen) atoms. The maximum Gasteiger partial charge on any atom is 0.305 e. The van der Waals surface area contributed by atoms with Crippen molar-refractivity contribution in [2.75, 3.05) is 7.05 Å². The van der Waals surface area contributed by atoms with Crippen LogP contribution in [0.4, 0.5) is 0 Å². The molecule has 1 saturated carbocycles. The van der Waals surface area contributed by atoms with E-state index in [0.29, 0.717) is 5.56 Å². The molecule has 104 valence electrons. The largest absolute Gasteiger partial charge is 0.481 e. The van der Waals surface area contributed by atoms with Crippen LogP contribution in [0.1, 0.15) is 48.9 Å². The Hall–Kier alpha value is -1.36. The van der Waals surface area contributed by atoms with Crippen molar-refractivity contribution in [1.82, 2.24) is 4.90 Å². The Morgan fingerprint density at radius 2 is 2.05 bits per heavy atom. The van der Waals surface area contributed by atoms with Crippen molar-refractivity contribution >= 4 is 23.2 Å². The summed E-state index contributed by atoms with van der Waals surface area (Å²) in [6.45, 7) is 0. The van der Waals surface area contributed by atoms with Crippen molar-refractivity contribution < 1.29 is 14.7 Å². The van der Waals surface area contributed by atoms with Crippen molar-refractivity contribution in [3.05, 3.63) is 22.4 Å². The fourth-order valence-electron chi connectivity index (χ4n) is 2.92. The molecule has 0 bridgehead atoms. The number of amides is 1. The Morgan fingerprint density at radius 1 is 1.37 bits per heavy atom. The highest BCUT2D eigenvalue weighted by Gasteiger charge is 2.40. The van der Waals surface area contributed by atoms with E-state index in [1.807, 2.05) is 10.8 Å². The molecule has 0 atom stereocenters. The lowest BCUT2D eigenvalue weighted by atomic mass is 9.78. The summed E-state index contributed by atoms with van der Waals surface area (Å²) in [6, 6.07) is 1.79. The molecule has 2 rings (SSSR count). The molecular formula is C14H19NO3S. The molecule has 1 fully saturated rings. The number of aliphatic carboxylic acids is 1. The van der Waals surface area contributed by atoms with Crippen LogP contribution in [0.25, 0.3) is 0 Å². The summed E-state index contributed by atoms with van der Waals surface area (Å²) in [7, 11) is 1.74. The normalized spacial score (nSPS) is 17.9. The highest BCUT2D eigenvalue weighted by Crippen LogP contribution is 2.36. The van der Waals surface area contributed by atoms with Crippen LogP contribution in [-0.2, 0) is 4.79 Å². The van der Waals surface area contributed by atoms with E-state index in [0.717, 1.165) is 32.1 Å². The highest BCUT2D eigenvalue weighted by molar-refractivity contribution is 7.08. The molecule has 1 amide bonds. The van der Waals surface area contributed by atoms with Gasteiger partial charge in [-0.1, -0.05) is 19.3 Å². The molecule has 1 aromatic rings. The van der Waals surface area contributed by atoms with Crippen molar-refractivity contribution in [1.29, 1.82) is 0 Å². The van der Waals surface area contributed by atoms with Gasteiger partial charge >= 0.3 is 5.97 Å². The molecule has 0 radical (unpaired) electrons. The molecule has 0 aliphatic heterocycles. The molecular weight excluding hydrogens is 262 g/mol. The quantitative estimate of drug-likeness (QED) is 0.923. The lowest BCUT2D eigenvalue weighted by molar-refractivity contribution is -0.140. The second kappa shape index (κ2) is 5.74. The molecule has 1 N–H and O–H groups in total. The second-order valence-electron chi connectivity index (χ2n) is 5.23. The molecule has 0 aromatic carbocycles. The summed E-state index contributed by atoms with van der Waals surface area (Å²) in [4.78, 5) is 25.3. The van der Waals surface area contributed by atoms with E-state index in [-0.39, 0.29) is 12.3 Å². The molecule has 1 aromatic heterocycles. The van der Waals surface area contributed by atoms with Crippen molar-refractivity contribution in [2.45, 2.75) is 44.1 Å². The lowest BCUT2D eigenvalue weighted by Crippen LogP contribution is -2.52. The molecule has 0 spiro atoms. The Morgan fingerprint density at radius 3 is 2.58 bits per heavy atom. The number of carboxylic acid groups (broad SMARTS) is 1. The van der Waals surface area contributed by atoms with Gasteiger partial charge in [-0.3, -0.25) is 9.59 Å². The molecule has 1 aliphatic carbocycles. The van der Waals surface area contributed by atoms with E-state index in [2.05, 4.69) is 0 Å². The number of carboxylic acids is 1. The third-order valence-electron chi connectivity index (χ3n) is 4.05. The van der Waals surface area contributed by atoms with Gasteiger partial charge in [0.05, 0.1) is 17.5 Å². The fraction of sp³-hybridized carbons (Fsp3) is 0.571. The fourth-order valence-corrected chi connectivity index (χ4v) is 3.55. The summed E-state index contributed by atoms with van der Waals surface area (Å²) in [5, 5.41) is 12.8. The third-order valence-corrected chi connectivity index (χ3v) is 4.73. The summed E-state index contributed by atoms with van der Waals surface area (Å²) in [5.74, 6) is -0.892. The van der Waals surface area contributed by atoms with E-state index >= 15 is 0 Å². The first-order valence-corrected chi connectivity index (χ1v) is 7.52. The minimum atomic E-state index is -0.827. The first kappa shape index (κ1) is 14.1. The van der Waals surface area contributed by atoms with Gasteiger partial charge in [-0.25, -0.2) is 0 Å². The average molecular weight is 281 g/mol. The number of hydrogen-bond acceptors (Lipinski definition) is 3. The zero-order chi connectivity index (χ0) is 13.9. The smallest absolute Gasteiger partial charge is 0.305 e. The van der Waals surface area contributed by atoms with E-state index in [1.54, 1.807) is 18.0 Å². The maximum absolute atomic E-state index is 12.4. The Kier molecular flexibility index (Phi) is 4.24. The van der Waals surface area contributed by atoms with Crippen molar-refractivity contribution in [3.8, 4) is 0 Å². The van der Waals surface area contributed by atoms with E-state index in [4.69, 9.17) is 5.11 Å². The lowest BCUT2D eigenvalue weighted by Gasteiger charge is -2.43. The summed E-state index contributed by atoms with van der Waals surface area (Å²) in [6.07, 6.45) is 4.72. The van der Waals surface area contributed by atoms with Crippen molar-refractivity contribution in [3.63, 3.8) is 0 Å². The standard InChI is InChI=1S/C14H19NO3S/c1-15(13(18)11-5-8-19-10-11)14(9-12(16)17)6-3-2-4-7-14/h5,8,10H,2-4,6-7,9H2,1H3,(H,16,17). The predicted molar refractivity (Wildman–Crippen MR) is 74.5 cm³/mol. The van der Waals surface area contributed by atoms with Crippen LogP contribution in [0.3, 0.4) is 0 Å². The van der Waals surface area contributed by atoms with Crippen molar-refractivity contribution in [2.24, 2.45) is 0 Å². The minimum absolute atomic E-state index is 0.0410. The molecule has 5 heteroatoms. The van der Waals surface area contributed by atoms with Crippen LogP contribution < -0.4 is 0 Å². The number of rotatable bonds is 4. The number of hydrogen-bond donors (Lipinski definition) is 1. The summed E-state index contributed by atoms with van der Waals surface area (Å²) in [5.41, 5.74) is 0.145. The Labute approximate surface area is 117 Å². The Balaban J connectivity index is 2.22. The van der Waals surface area contributed by atoms with Crippen LogP contribution in [0, 0.1) is 0 Å². The number of nitrogens with zero attached hydrogens (tertiary/aromatic N) is 1. The summed E-state index contributed by atoms with van der Waals surface area (Å²) >= 11 is 1.48. The molecule has 4 nitrogen and oxygen atoms in total. The van der Waals surface area contributed by atoms with Gasteiger partial charge in [-0.05, 0) is 24.3 Å². The van der Waals surface area contributed by atoms with Crippen LogP contribution in [-0.4, -0.2) is 34.5 Å². The van der Waals surface area contributed by atoms with Gasteiger partial charge in [0.1, 0.15) is 0 Å². The Bertz CT molecular complexity index is 449. The van der Waals surface area contributed by atoms with Gasteiger partial charge in [0.2, 0.25) is 0 Å². The topological polar surface area (TPSA) is 57.6 Å². The molecule has 0 unspecified atom stereocenters. The van der Waals surface area contributed by atoms with Crippen LogP contribution in [0.15, 0.2) is 16.8 Å². The zero-order valence-corrected chi connectivity index (χ0v) is 11.9. The monoisotopic (exact) mass is 281 g/mol. The van der Waals surface area contributed by atoms with E-state index < -0.39 is 11.5 Å². The van der Waals surface area contributed by atoms with Crippen LogP contribution >= 0.6 is 11.3 Å². The maximum atomic E-state index is 12.4. The number of carbonyl (C=O) groups excluding carboxylic acids is 1.